The van der Waals surface area contributed by atoms with Gasteiger partial charge in [-0.15, -0.1) is 0 Å². The van der Waals surface area contributed by atoms with Gasteiger partial charge in [-0.2, -0.15) is 0 Å². The summed E-state index contributed by atoms with van der Waals surface area (Å²) in [5.41, 5.74) is 0.894. The van der Waals surface area contributed by atoms with Crippen LogP contribution in [-0.4, -0.2) is 26.2 Å². The fourth-order valence-corrected chi connectivity index (χ4v) is 4.37. The Kier molecular flexibility index (Phi) is 3.68. The van der Waals surface area contributed by atoms with Crippen molar-refractivity contribution < 1.29 is 13.2 Å². The van der Waals surface area contributed by atoms with Gasteiger partial charge in [0.15, 0.2) is 9.84 Å². The van der Waals surface area contributed by atoms with Gasteiger partial charge in [0.05, 0.1) is 11.5 Å². The monoisotopic (exact) mass is 316 g/mol. The normalized spacial score (nSPS) is 24.4. The van der Waals surface area contributed by atoms with Crippen LogP contribution in [0.15, 0.2) is 28.7 Å². The second kappa shape index (κ2) is 4.90. The molecule has 1 aromatic rings. The Labute approximate surface area is 109 Å². The molecule has 2 atom stereocenters. The molecular formula is C12H13BrO3S. The van der Waals surface area contributed by atoms with Gasteiger partial charge in [-0.3, -0.25) is 0 Å². The van der Waals surface area contributed by atoms with Gasteiger partial charge in [0.25, 0.3) is 0 Å². The van der Waals surface area contributed by atoms with Gasteiger partial charge in [-0.05, 0) is 30.0 Å². The van der Waals surface area contributed by atoms with E-state index in [1.54, 1.807) is 0 Å². The van der Waals surface area contributed by atoms with Gasteiger partial charge in [0, 0.05) is 10.4 Å². The first-order valence-corrected chi connectivity index (χ1v) is 8.04. The van der Waals surface area contributed by atoms with Gasteiger partial charge in [0.1, 0.15) is 6.29 Å². The van der Waals surface area contributed by atoms with Gasteiger partial charge >= 0.3 is 0 Å². The van der Waals surface area contributed by atoms with Crippen LogP contribution in [0.25, 0.3) is 0 Å². The second-order valence-electron chi connectivity index (χ2n) is 4.38. The third kappa shape index (κ3) is 2.96. The Hall–Kier alpha value is -0.680. The van der Waals surface area contributed by atoms with E-state index < -0.39 is 9.84 Å². The summed E-state index contributed by atoms with van der Waals surface area (Å²) in [4.78, 5) is 11.2. The highest BCUT2D eigenvalue weighted by Gasteiger charge is 2.34. The summed E-state index contributed by atoms with van der Waals surface area (Å²) in [6.45, 7) is 0. The Bertz CT molecular complexity index is 507. The summed E-state index contributed by atoms with van der Waals surface area (Å²) in [6.07, 6.45) is 1.45. The van der Waals surface area contributed by atoms with Crippen molar-refractivity contribution >= 4 is 32.1 Å². The first kappa shape index (κ1) is 12.8. The van der Waals surface area contributed by atoms with Crippen molar-refractivity contribution in [3.05, 3.63) is 34.3 Å². The topological polar surface area (TPSA) is 51.2 Å². The second-order valence-corrected chi connectivity index (χ2v) is 7.52. The first-order valence-electron chi connectivity index (χ1n) is 5.43. The van der Waals surface area contributed by atoms with Crippen molar-refractivity contribution in [2.24, 2.45) is 5.92 Å². The van der Waals surface area contributed by atoms with Crippen molar-refractivity contribution in [2.75, 3.05) is 11.5 Å². The lowest BCUT2D eigenvalue weighted by Gasteiger charge is -2.16. The highest BCUT2D eigenvalue weighted by atomic mass is 79.9. The number of sulfone groups is 1. The van der Waals surface area contributed by atoms with Crippen LogP contribution in [0.1, 0.15) is 17.9 Å². The van der Waals surface area contributed by atoms with E-state index in [2.05, 4.69) is 15.9 Å². The lowest BCUT2D eigenvalue weighted by molar-refractivity contribution is -0.109. The van der Waals surface area contributed by atoms with Crippen LogP contribution in [0, 0.1) is 5.92 Å². The number of rotatable bonds is 3. The molecule has 1 saturated heterocycles. The molecule has 0 spiro atoms. The number of hydrogen-bond acceptors (Lipinski definition) is 3. The molecule has 0 N–H and O–H groups in total. The van der Waals surface area contributed by atoms with Gasteiger partial charge in [-0.25, -0.2) is 8.42 Å². The van der Waals surface area contributed by atoms with Crippen LogP contribution >= 0.6 is 15.9 Å². The maximum atomic E-state index is 11.4. The van der Waals surface area contributed by atoms with Crippen LogP contribution < -0.4 is 0 Å². The maximum Gasteiger partial charge on any atom is 0.150 e. The molecule has 92 valence electrons. The Morgan fingerprint density at radius 3 is 2.41 bits per heavy atom. The molecule has 1 aromatic carbocycles. The molecule has 1 fully saturated rings. The maximum absolute atomic E-state index is 11.4. The lowest BCUT2D eigenvalue weighted by atomic mass is 9.87. The largest absolute Gasteiger partial charge is 0.303 e. The molecule has 3 nitrogen and oxygen atoms in total. The number of aldehydes is 1. The molecule has 0 amide bonds. The highest BCUT2D eigenvalue weighted by Crippen LogP contribution is 2.32. The summed E-state index contributed by atoms with van der Waals surface area (Å²) in [5, 5.41) is 0. The smallest absolute Gasteiger partial charge is 0.150 e. The summed E-state index contributed by atoms with van der Waals surface area (Å²) < 4.78 is 23.8. The van der Waals surface area contributed by atoms with Crippen LogP contribution in [0.3, 0.4) is 0 Å². The minimum Gasteiger partial charge on any atom is -0.303 e. The number of carbonyl (C=O) groups is 1. The van der Waals surface area contributed by atoms with Crippen molar-refractivity contribution in [3.8, 4) is 0 Å². The molecule has 1 aliphatic heterocycles. The van der Waals surface area contributed by atoms with E-state index in [9.17, 15) is 13.2 Å². The van der Waals surface area contributed by atoms with Crippen LogP contribution in [0.2, 0.25) is 0 Å². The van der Waals surface area contributed by atoms with E-state index in [4.69, 9.17) is 0 Å². The fraction of sp³-hybridized carbons (Fsp3) is 0.417. The van der Waals surface area contributed by atoms with Gasteiger partial charge < -0.3 is 4.79 Å². The predicted molar refractivity (Wildman–Crippen MR) is 69.7 cm³/mol. The first-order chi connectivity index (χ1) is 8.02. The van der Waals surface area contributed by atoms with Crippen molar-refractivity contribution in [1.29, 1.82) is 0 Å². The average molecular weight is 317 g/mol. The van der Waals surface area contributed by atoms with Crippen molar-refractivity contribution in [2.45, 2.75) is 12.3 Å². The molecule has 0 aromatic heterocycles. The Morgan fingerprint density at radius 1 is 1.29 bits per heavy atom. The molecule has 0 bridgehead atoms. The molecular weight excluding hydrogens is 304 g/mol. The van der Waals surface area contributed by atoms with Crippen LogP contribution in [-0.2, 0) is 14.6 Å². The molecule has 5 heteroatoms. The van der Waals surface area contributed by atoms with Crippen molar-refractivity contribution in [1.82, 2.24) is 0 Å². The molecule has 0 radical (unpaired) electrons. The zero-order valence-electron chi connectivity index (χ0n) is 9.17. The molecule has 0 saturated carbocycles. The summed E-state index contributed by atoms with van der Waals surface area (Å²) in [7, 11) is -2.93. The van der Waals surface area contributed by atoms with E-state index >= 15 is 0 Å². The lowest BCUT2D eigenvalue weighted by Crippen LogP contribution is -2.15. The summed E-state index contributed by atoms with van der Waals surface area (Å²) in [5.74, 6) is -0.0376. The number of halogens is 1. The predicted octanol–water partition coefficient (Wildman–Crippen LogP) is 2.17. The minimum atomic E-state index is -2.93. The zero-order chi connectivity index (χ0) is 12.5. The average Bonchev–Trinajstić information content (AvgIpc) is 2.63. The van der Waals surface area contributed by atoms with E-state index in [0.29, 0.717) is 6.42 Å². The molecule has 2 rings (SSSR count). The van der Waals surface area contributed by atoms with E-state index in [1.165, 1.54) is 0 Å². The zero-order valence-corrected chi connectivity index (χ0v) is 11.6. The SMILES string of the molecule is O=CC(c1ccc(Br)cc1)C1CCS(=O)(=O)C1. The number of benzene rings is 1. The molecule has 2 unspecified atom stereocenters. The number of hydrogen-bond donors (Lipinski definition) is 0. The molecule has 1 heterocycles. The minimum absolute atomic E-state index is 0.0707. The van der Waals surface area contributed by atoms with Gasteiger partial charge in [0.2, 0.25) is 0 Å². The van der Waals surface area contributed by atoms with Gasteiger partial charge in [-0.1, -0.05) is 28.1 Å². The third-order valence-corrected chi connectivity index (χ3v) is 5.50. The van der Waals surface area contributed by atoms with E-state index in [1.807, 2.05) is 24.3 Å². The molecule has 0 aliphatic carbocycles. The summed E-state index contributed by atoms with van der Waals surface area (Å²) >= 11 is 3.33. The standard InChI is InChI=1S/C12H13BrO3S/c13-11-3-1-9(2-4-11)12(7-14)10-5-6-17(15,16)8-10/h1-4,7,10,12H,5-6,8H2. The van der Waals surface area contributed by atoms with E-state index in [0.717, 1.165) is 16.3 Å². The highest BCUT2D eigenvalue weighted by molar-refractivity contribution is 9.10. The fourth-order valence-electron chi connectivity index (χ4n) is 2.25. The summed E-state index contributed by atoms with van der Waals surface area (Å²) in [6, 6.07) is 7.48. The van der Waals surface area contributed by atoms with Crippen LogP contribution in [0.5, 0.6) is 0 Å². The van der Waals surface area contributed by atoms with Crippen LogP contribution in [0.4, 0.5) is 0 Å². The molecule has 17 heavy (non-hydrogen) atoms. The third-order valence-electron chi connectivity index (χ3n) is 3.18. The molecule has 1 aliphatic rings. The van der Waals surface area contributed by atoms with E-state index in [-0.39, 0.29) is 23.3 Å². The van der Waals surface area contributed by atoms with Crippen molar-refractivity contribution in [3.63, 3.8) is 0 Å². The Morgan fingerprint density at radius 2 is 1.94 bits per heavy atom. The number of carbonyl (C=O) groups excluding carboxylic acids is 1. The Balaban J connectivity index is 2.23. The quantitative estimate of drug-likeness (QED) is 0.803.